The minimum Gasteiger partial charge on any atom is -0.342 e. The number of H-pyrrole nitrogens is 1. The molecule has 3 N–H and O–H groups in total. The van der Waals surface area contributed by atoms with Gasteiger partial charge in [-0.15, -0.1) is 0 Å². The minimum absolute atomic E-state index is 0.147. The smallest absolute Gasteiger partial charge is 0.228 e. The van der Waals surface area contributed by atoms with E-state index in [1.165, 1.54) is 0 Å². The number of benzene rings is 1. The fourth-order valence-corrected chi connectivity index (χ4v) is 3.08. The van der Waals surface area contributed by atoms with Crippen molar-refractivity contribution >= 4 is 16.8 Å². The van der Waals surface area contributed by atoms with E-state index in [4.69, 9.17) is 5.73 Å². The third-order valence-corrected chi connectivity index (χ3v) is 4.42. The van der Waals surface area contributed by atoms with Crippen molar-refractivity contribution in [2.24, 2.45) is 11.7 Å². The van der Waals surface area contributed by atoms with Crippen molar-refractivity contribution in [2.75, 3.05) is 13.1 Å². The second kappa shape index (κ2) is 5.85. The fourth-order valence-electron chi connectivity index (χ4n) is 3.08. The van der Waals surface area contributed by atoms with Gasteiger partial charge in [-0.3, -0.25) is 9.89 Å². The Morgan fingerprint density at radius 1 is 1.52 bits per heavy atom. The molecule has 0 saturated carbocycles. The summed E-state index contributed by atoms with van der Waals surface area (Å²) in [6.07, 6.45) is 2.54. The van der Waals surface area contributed by atoms with E-state index in [0.29, 0.717) is 12.3 Å². The summed E-state index contributed by atoms with van der Waals surface area (Å²) in [4.78, 5) is 14.5. The van der Waals surface area contributed by atoms with Crippen LogP contribution in [0.5, 0.6) is 0 Å². The van der Waals surface area contributed by atoms with Crippen molar-refractivity contribution in [1.29, 1.82) is 0 Å². The van der Waals surface area contributed by atoms with Gasteiger partial charge in [-0.25, -0.2) is 0 Å². The number of carbonyl (C=O) groups excluding carboxylic acids is 1. The third-order valence-electron chi connectivity index (χ3n) is 4.42. The number of rotatable bonds is 3. The van der Waals surface area contributed by atoms with Crippen molar-refractivity contribution in [1.82, 2.24) is 15.1 Å². The molecule has 1 saturated heterocycles. The number of piperidine rings is 1. The molecule has 112 valence electrons. The summed E-state index contributed by atoms with van der Waals surface area (Å²) in [6.45, 7) is 3.65. The third kappa shape index (κ3) is 2.93. The highest BCUT2D eigenvalue weighted by molar-refractivity contribution is 5.87. The Kier molecular flexibility index (Phi) is 3.92. The number of nitrogens with one attached hydrogen (secondary N) is 1. The Balaban J connectivity index is 1.71. The van der Waals surface area contributed by atoms with E-state index in [1.807, 2.05) is 36.1 Å². The van der Waals surface area contributed by atoms with Crippen LogP contribution in [0.25, 0.3) is 10.9 Å². The Hall–Kier alpha value is -1.88. The maximum absolute atomic E-state index is 12.5. The predicted molar refractivity (Wildman–Crippen MR) is 82.8 cm³/mol. The zero-order chi connectivity index (χ0) is 14.8. The summed E-state index contributed by atoms with van der Waals surface area (Å²) in [5.74, 6) is 0.580. The molecule has 1 aromatic heterocycles. The molecule has 2 heterocycles. The van der Waals surface area contributed by atoms with E-state index < -0.39 is 0 Å². The largest absolute Gasteiger partial charge is 0.342 e. The number of nitrogens with zero attached hydrogens (tertiary/aromatic N) is 2. The summed E-state index contributed by atoms with van der Waals surface area (Å²) >= 11 is 0. The second-order valence-corrected chi connectivity index (χ2v) is 6.00. The van der Waals surface area contributed by atoms with E-state index >= 15 is 0 Å². The standard InChI is InChI=1S/C16H22N4O/c1-11(17)12-5-4-8-20(10-12)16(21)9-15-13-6-2-3-7-14(13)18-19-15/h2-3,6-7,11-12H,4-5,8-10,17H2,1H3,(H,18,19). The predicted octanol–water partition coefficient (Wildman–Crippen LogP) is 1.69. The monoisotopic (exact) mass is 286 g/mol. The number of aromatic nitrogens is 2. The van der Waals surface area contributed by atoms with Gasteiger partial charge in [-0.05, 0) is 31.7 Å². The van der Waals surface area contributed by atoms with Gasteiger partial charge in [0.25, 0.3) is 0 Å². The average Bonchev–Trinajstić information content (AvgIpc) is 2.91. The number of para-hydroxylation sites is 1. The molecule has 1 amide bonds. The molecule has 0 aliphatic carbocycles. The van der Waals surface area contributed by atoms with Gasteiger partial charge in [-0.2, -0.15) is 5.10 Å². The van der Waals surface area contributed by atoms with Crippen LogP contribution < -0.4 is 5.73 Å². The van der Waals surface area contributed by atoms with Gasteiger partial charge >= 0.3 is 0 Å². The zero-order valence-electron chi connectivity index (χ0n) is 12.4. The lowest BCUT2D eigenvalue weighted by molar-refractivity contribution is -0.132. The number of nitrogens with two attached hydrogens (primary N) is 1. The summed E-state index contributed by atoms with van der Waals surface area (Å²) in [6, 6.07) is 8.02. The SMILES string of the molecule is CC(N)C1CCCN(C(=O)Cc2[nH]nc3ccccc23)C1. The van der Waals surface area contributed by atoms with Crippen molar-refractivity contribution in [3.05, 3.63) is 30.0 Å². The van der Waals surface area contributed by atoms with Crippen LogP contribution in [0.2, 0.25) is 0 Å². The number of carbonyl (C=O) groups is 1. The Bertz CT molecular complexity index is 634. The molecule has 1 fully saturated rings. The quantitative estimate of drug-likeness (QED) is 0.901. The van der Waals surface area contributed by atoms with Crippen LogP contribution in [-0.2, 0) is 11.2 Å². The van der Waals surface area contributed by atoms with Gasteiger partial charge in [0.05, 0.1) is 17.6 Å². The van der Waals surface area contributed by atoms with Crippen LogP contribution in [0.4, 0.5) is 0 Å². The summed E-state index contributed by atoms with van der Waals surface area (Å²) in [5, 5.41) is 8.27. The van der Waals surface area contributed by atoms with E-state index in [0.717, 1.165) is 42.5 Å². The first-order valence-electron chi connectivity index (χ1n) is 7.60. The number of likely N-dealkylation sites (tertiary alicyclic amines) is 1. The number of hydrogen-bond donors (Lipinski definition) is 2. The molecule has 0 spiro atoms. The molecular formula is C16H22N4O. The number of hydrogen-bond acceptors (Lipinski definition) is 3. The van der Waals surface area contributed by atoms with Crippen molar-refractivity contribution < 1.29 is 4.79 Å². The number of aromatic amines is 1. The Morgan fingerprint density at radius 3 is 3.14 bits per heavy atom. The minimum atomic E-state index is 0.147. The Labute approximate surface area is 124 Å². The molecule has 5 heteroatoms. The first-order valence-corrected chi connectivity index (χ1v) is 7.60. The molecular weight excluding hydrogens is 264 g/mol. The fraction of sp³-hybridized carbons (Fsp3) is 0.500. The second-order valence-electron chi connectivity index (χ2n) is 6.00. The van der Waals surface area contributed by atoms with Gasteiger partial charge in [0, 0.05) is 24.5 Å². The lowest BCUT2D eigenvalue weighted by Crippen LogP contribution is -2.45. The summed E-state index contributed by atoms with van der Waals surface area (Å²) in [5.41, 5.74) is 7.80. The zero-order valence-corrected chi connectivity index (χ0v) is 12.4. The van der Waals surface area contributed by atoms with Crippen molar-refractivity contribution in [3.8, 4) is 0 Å². The van der Waals surface area contributed by atoms with Gasteiger partial charge in [0.2, 0.25) is 5.91 Å². The highest BCUT2D eigenvalue weighted by atomic mass is 16.2. The van der Waals surface area contributed by atoms with Crippen LogP contribution in [0.3, 0.4) is 0 Å². The normalized spacial score (nSPS) is 20.7. The molecule has 21 heavy (non-hydrogen) atoms. The average molecular weight is 286 g/mol. The maximum Gasteiger partial charge on any atom is 0.228 e. The van der Waals surface area contributed by atoms with Crippen molar-refractivity contribution in [2.45, 2.75) is 32.2 Å². The Morgan fingerprint density at radius 2 is 2.33 bits per heavy atom. The first kappa shape index (κ1) is 14.1. The lowest BCUT2D eigenvalue weighted by Gasteiger charge is -2.34. The molecule has 3 rings (SSSR count). The first-order chi connectivity index (χ1) is 10.1. The van der Waals surface area contributed by atoms with Gasteiger partial charge in [0.15, 0.2) is 0 Å². The van der Waals surface area contributed by atoms with Gasteiger partial charge < -0.3 is 10.6 Å². The van der Waals surface area contributed by atoms with E-state index in [-0.39, 0.29) is 11.9 Å². The van der Waals surface area contributed by atoms with E-state index in [1.54, 1.807) is 0 Å². The van der Waals surface area contributed by atoms with Crippen LogP contribution >= 0.6 is 0 Å². The van der Waals surface area contributed by atoms with Crippen molar-refractivity contribution in [3.63, 3.8) is 0 Å². The number of fused-ring (bicyclic) bond motifs is 1. The molecule has 2 atom stereocenters. The van der Waals surface area contributed by atoms with E-state index in [2.05, 4.69) is 10.2 Å². The summed E-state index contributed by atoms with van der Waals surface area (Å²) < 4.78 is 0. The molecule has 1 aromatic carbocycles. The molecule has 2 aromatic rings. The highest BCUT2D eigenvalue weighted by Gasteiger charge is 2.26. The number of amides is 1. The van der Waals surface area contributed by atoms with E-state index in [9.17, 15) is 4.79 Å². The molecule has 1 aliphatic heterocycles. The molecule has 0 bridgehead atoms. The molecule has 5 nitrogen and oxygen atoms in total. The van der Waals surface area contributed by atoms with Crippen LogP contribution in [0.1, 0.15) is 25.5 Å². The van der Waals surface area contributed by atoms with Gasteiger partial charge in [0.1, 0.15) is 0 Å². The summed E-state index contributed by atoms with van der Waals surface area (Å²) in [7, 11) is 0. The molecule has 2 unspecified atom stereocenters. The highest BCUT2D eigenvalue weighted by Crippen LogP contribution is 2.21. The lowest BCUT2D eigenvalue weighted by atomic mass is 9.92. The molecule has 1 aliphatic rings. The van der Waals surface area contributed by atoms with Crippen LogP contribution in [0, 0.1) is 5.92 Å². The maximum atomic E-state index is 12.5. The topological polar surface area (TPSA) is 75.0 Å². The molecule has 0 radical (unpaired) electrons. The van der Waals surface area contributed by atoms with Crippen LogP contribution in [0.15, 0.2) is 24.3 Å². The van der Waals surface area contributed by atoms with Gasteiger partial charge in [-0.1, -0.05) is 18.2 Å². The van der Waals surface area contributed by atoms with Crippen LogP contribution in [-0.4, -0.2) is 40.1 Å².